The summed E-state index contributed by atoms with van der Waals surface area (Å²) in [7, 11) is 0. The lowest BCUT2D eigenvalue weighted by Gasteiger charge is -2.10. The molecule has 0 saturated carbocycles. The summed E-state index contributed by atoms with van der Waals surface area (Å²) >= 11 is 0. The maximum absolute atomic E-state index is 11.9. The van der Waals surface area contributed by atoms with Gasteiger partial charge in [-0.2, -0.15) is 13.2 Å². The first-order valence-corrected chi connectivity index (χ1v) is 6.56. The third-order valence-corrected chi connectivity index (χ3v) is 2.56. The number of carbonyl (C=O) groups excluding carboxylic acids is 1. The number of benzene rings is 1. The second-order valence-corrected chi connectivity index (χ2v) is 4.45. The Balaban J connectivity index is 1.88. The van der Waals surface area contributed by atoms with E-state index in [9.17, 15) is 18.0 Å². The van der Waals surface area contributed by atoms with E-state index >= 15 is 0 Å². The van der Waals surface area contributed by atoms with Crippen LogP contribution in [0.3, 0.4) is 0 Å². The molecule has 0 fully saturated rings. The van der Waals surface area contributed by atoms with E-state index in [0.717, 1.165) is 5.69 Å². The fourth-order valence-electron chi connectivity index (χ4n) is 1.61. The first-order chi connectivity index (χ1) is 10.9. The molecule has 122 valence electrons. The molecule has 5 nitrogen and oxygen atoms in total. The molecule has 23 heavy (non-hydrogen) atoms. The van der Waals surface area contributed by atoms with Gasteiger partial charge in [0.25, 0.3) is 0 Å². The SMILES string of the molecule is O=C(Nc1cccc(OCc2ccccn2)c1)OCC(F)(F)F. The van der Waals surface area contributed by atoms with Gasteiger partial charge in [-0.1, -0.05) is 12.1 Å². The van der Waals surface area contributed by atoms with Gasteiger partial charge in [-0.15, -0.1) is 0 Å². The minimum absolute atomic E-state index is 0.225. The molecule has 0 unspecified atom stereocenters. The van der Waals surface area contributed by atoms with E-state index in [1.54, 1.807) is 30.5 Å². The first kappa shape index (κ1) is 16.6. The lowest BCUT2D eigenvalue weighted by atomic mass is 10.3. The number of anilines is 1. The van der Waals surface area contributed by atoms with Gasteiger partial charge in [0.1, 0.15) is 12.4 Å². The third-order valence-electron chi connectivity index (χ3n) is 2.56. The van der Waals surface area contributed by atoms with Crippen LogP contribution in [-0.2, 0) is 11.3 Å². The molecule has 2 aromatic rings. The molecule has 0 bridgehead atoms. The average Bonchev–Trinajstić information content (AvgIpc) is 2.52. The van der Waals surface area contributed by atoms with Crippen LogP contribution in [0, 0.1) is 0 Å². The lowest BCUT2D eigenvalue weighted by molar-refractivity contribution is -0.159. The quantitative estimate of drug-likeness (QED) is 0.908. The number of hydrogen-bond acceptors (Lipinski definition) is 4. The molecule has 2 rings (SSSR count). The van der Waals surface area contributed by atoms with Gasteiger partial charge in [-0.25, -0.2) is 4.79 Å². The van der Waals surface area contributed by atoms with E-state index in [1.807, 2.05) is 6.07 Å². The number of nitrogens with zero attached hydrogens (tertiary/aromatic N) is 1. The lowest BCUT2D eigenvalue weighted by Crippen LogP contribution is -2.23. The zero-order valence-corrected chi connectivity index (χ0v) is 11.8. The predicted molar refractivity (Wildman–Crippen MR) is 76.0 cm³/mol. The minimum atomic E-state index is -4.56. The summed E-state index contributed by atoms with van der Waals surface area (Å²) in [5, 5.41) is 2.20. The number of hydrogen-bond donors (Lipinski definition) is 1. The van der Waals surface area contributed by atoms with E-state index in [1.165, 1.54) is 12.1 Å². The number of halogens is 3. The normalized spacial score (nSPS) is 10.9. The van der Waals surface area contributed by atoms with Crippen LogP contribution in [0.2, 0.25) is 0 Å². The molecule has 1 aromatic heterocycles. The van der Waals surface area contributed by atoms with Gasteiger partial charge in [0.05, 0.1) is 5.69 Å². The maximum Gasteiger partial charge on any atom is 0.422 e. The Bertz CT molecular complexity index is 648. The summed E-state index contributed by atoms with van der Waals surface area (Å²) in [6.07, 6.45) is -4.12. The zero-order valence-electron chi connectivity index (χ0n) is 11.8. The Labute approximate surface area is 130 Å². The molecule has 1 amide bonds. The number of amides is 1. The van der Waals surface area contributed by atoms with Crippen molar-refractivity contribution in [1.29, 1.82) is 0 Å². The monoisotopic (exact) mass is 326 g/mol. The molecule has 1 aromatic carbocycles. The highest BCUT2D eigenvalue weighted by Gasteiger charge is 2.29. The summed E-state index contributed by atoms with van der Waals surface area (Å²) in [6, 6.07) is 11.6. The third kappa shape index (κ3) is 6.25. The molecule has 0 aliphatic carbocycles. The highest BCUT2D eigenvalue weighted by Crippen LogP contribution is 2.19. The average molecular weight is 326 g/mol. The smallest absolute Gasteiger partial charge is 0.422 e. The molecule has 8 heteroatoms. The second-order valence-electron chi connectivity index (χ2n) is 4.45. The number of pyridine rings is 1. The van der Waals surface area contributed by atoms with Gasteiger partial charge >= 0.3 is 12.3 Å². The molecule has 0 radical (unpaired) electrons. The van der Waals surface area contributed by atoms with Crippen LogP contribution in [0.4, 0.5) is 23.7 Å². The summed E-state index contributed by atoms with van der Waals surface area (Å²) in [4.78, 5) is 15.4. The molecule has 0 aliphatic rings. The van der Waals surface area contributed by atoms with E-state index in [0.29, 0.717) is 5.75 Å². The van der Waals surface area contributed by atoms with Crippen molar-refractivity contribution in [2.24, 2.45) is 0 Å². The van der Waals surface area contributed by atoms with Crippen molar-refractivity contribution in [3.8, 4) is 5.75 Å². The minimum Gasteiger partial charge on any atom is -0.487 e. The number of aromatic nitrogens is 1. The fraction of sp³-hybridized carbons (Fsp3) is 0.200. The Morgan fingerprint density at radius 2 is 2.00 bits per heavy atom. The van der Waals surface area contributed by atoms with Gasteiger partial charge in [-0.3, -0.25) is 10.3 Å². The van der Waals surface area contributed by atoms with Gasteiger partial charge in [0, 0.05) is 18.0 Å². The largest absolute Gasteiger partial charge is 0.487 e. The molecule has 1 heterocycles. The maximum atomic E-state index is 11.9. The molecule has 0 saturated heterocycles. The van der Waals surface area contributed by atoms with Crippen molar-refractivity contribution in [3.05, 3.63) is 54.4 Å². The highest BCUT2D eigenvalue weighted by atomic mass is 19.4. The standard InChI is InChI=1S/C15H13F3N2O3/c16-15(17,18)10-23-14(21)20-11-5-3-6-13(8-11)22-9-12-4-1-2-7-19-12/h1-8H,9-10H2,(H,20,21). The summed E-state index contributed by atoms with van der Waals surface area (Å²) in [5.74, 6) is 0.435. The van der Waals surface area contributed by atoms with Crippen molar-refractivity contribution in [2.45, 2.75) is 12.8 Å². The molecular formula is C15H13F3N2O3. The van der Waals surface area contributed by atoms with Gasteiger partial charge in [0.2, 0.25) is 0 Å². The van der Waals surface area contributed by atoms with E-state index in [-0.39, 0.29) is 12.3 Å². The molecule has 0 atom stereocenters. The van der Waals surface area contributed by atoms with Crippen LogP contribution < -0.4 is 10.1 Å². The molecular weight excluding hydrogens is 313 g/mol. The highest BCUT2D eigenvalue weighted by molar-refractivity contribution is 5.84. The van der Waals surface area contributed by atoms with Crippen molar-refractivity contribution in [2.75, 3.05) is 11.9 Å². The first-order valence-electron chi connectivity index (χ1n) is 6.56. The molecule has 0 spiro atoms. The van der Waals surface area contributed by atoms with Crippen LogP contribution in [0.1, 0.15) is 5.69 Å². The summed E-state index contributed by atoms with van der Waals surface area (Å²) in [5.41, 5.74) is 0.978. The van der Waals surface area contributed by atoms with Crippen molar-refractivity contribution < 1.29 is 27.4 Å². The number of alkyl halides is 3. The Hall–Kier alpha value is -2.77. The predicted octanol–water partition coefficient (Wildman–Crippen LogP) is 3.77. The van der Waals surface area contributed by atoms with Crippen LogP contribution in [0.15, 0.2) is 48.7 Å². The van der Waals surface area contributed by atoms with E-state index in [4.69, 9.17) is 4.74 Å². The summed E-state index contributed by atoms with van der Waals surface area (Å²) in [6.45, 7) is -1.42. The van der Waals surface area contributed by atoms with Gasteiger partial charge in [-0.05, 0) is 24.3 Å². The Kier molecular flexibility index (Phi) is 5.40. The topological polar surface area (TPSA) is 60.5 Å². The van der Waals surface area contributed by atoms with Crippen LogP contribution in [-0.4, -0.2) is 23.9 Å². The van der Waals surface area contributed by atoms with Gasteiger partial charge < -0.3 is 9.47 Å². The molecule has 0 aliphatic heterocycles. The number of rotatable bonds is 5. The number of carbonyl (C=O) groups is 1. The Morgan fingerprint density at radius 1 is 1.17 bits per heavy atom. The fourth-order valence-corrected chi connectivity index (χ4v) is 1.61. The van der Waals surface area contributed by atoms with Crippen molar-refractivity contribution in [3.63, 3.8) is 0 Å². The van der Waals surface area contributed by atoms with E-state index < -0.39 is 18.9 Å². The van der Waals surface area contributed by atoms with Gasteiger partial charge in [0.15, 0.2) is 6.61 Å². The Morgan fingerprint density at radius 3 is 2.70 bits per heavy atom. The van der Waals surface area contributed by atoms with Crippen molar-refractivity contribution >= 4 is 11.8 Å². The molecule has 1 N–H and O–H groups in total. The zero-order chi connectivity index (χ0) is 16.7. The van der Waals surface area contributed by atoms with Crippen LogP contribution in [0.25, 0.3) is 0 Å². The second kappa shape index (κ2) is 7.48. The number of nitrogens with one attached hydrogen (secondary N) is 1. The van der Waals surface area contributed by atoms with Crippen LogP contribution in [0.5, 0.6) is 5.75 Å². The summed E-state index contributed by atoms with van der Waals surface area (Å²) < 4.78 is 45.4. The van der Waals surface area contributed by atoms with Crippen molar-refractivity contribution in [1.82, 2.24) is 4.98 Å². The van der Waals surface area contributed by atoms with E-state index in [2.05, 4.69) is 15.0 Å². The number of ether oxygens (including phenoxy) is 2. The van der Waals surface area contributed by atoms with Crippen LogP contribution >= 0.6 is 0 Å².